The Labute approximate surface area is 95.6 Å². The minimum atomic E-state index is 0.513. The molecule has 1 aromatic carbocycles. The summed E-state index contributed by atoms with van der Waals surface area (Å²) >= 11 is 5.85. The fourth-order valence-electron chi connectivity index (χ4n) is 1.21. The van der Waals surface area contributed by atoms with E-state index >= 15 is 0 Å². The Balaban J connectivity index is 2.78. The van der Waals surface area contributed by atoms with Gasteiger partial charge in [-0.3, -0.25) is 0 Å². The van der Waals surface area contributed by atoms with Gasteiger partial charge < -0.3 is 10.6 Å². The summed E-state index contributed by atoms with van der Waals surface area (Å²) in [5.41, 5.74) is 6.60. The topological polar surface area (TPSA) is 41.6 Å². The van der Waals surface area contributed by atoms with Crippen molar-refractivity contribution in [1.29, 1.82) is 0 Å². The summed E-state index contributed by atoms with van der Waals surface area (Å²) in [6.07, 6.45) is 1.04. The number of guanidine groups is 1. The monoisotopic (exact) mass is 225 g/mol. The van der Waals surface area contributed by atoms with E-state index in [2.05, 4.69) is 11.9 Å². The van der Waals surface area contributed by atoms with Crippen LogP contribution in [0.4, 0.5) is 5.69 Å². The first-order chi connectivity index (χ1) is 7.13. The molecule has 15 heavy (non-hydrogen) atoms. The van der Waals surface area contributed by atoms with E-state index in [1.807, 2.05) is 30.1 Å². The van der Waals surface area contributed by atoms with Crippen molar-refractivity contribution in [3.8, 4) is 0 Å². The molecule has 4 heteroatoms. The van der Waals surface area contributed by atoms with Crippen molar-refractivity contribution in [2.24, 2.45) is 10.7 Å². The molecule has 0 aliphatic rings. The molecule has 0 aromatic heterocycles. The van der Waals surface area contributed by atoms with Gasteiger partial charge in [0.1, 0.15) is 0 Å². The number of nitrogens with two attached hydrogens (primary N) is 1. The lowest BCUT2D eigenvalue weighted by Gasteiger charge is -2.16. The molecule has 0 heterocycles. The highest BCUT2D eigenvalue weighted by Crippen LogP contribution is 2.17. The summed E-state index contributed by atoms with van der Waals surface area (Å²) < 4.78 is 0. The van der Waals surface area contributed by atoms with Gasteiger partial charge in [0.2, 0.25) is 0 Å². The first kappa shape index (κ1) is 11.9. The number of benzene rings is 1. The van der Waals surface area contributed by atoms with Gasteiger partial charge in [0, 0.05) is 18.6 Å². The van der Waals surface area contributed by atoms with E-state index in [1.54, 1.807) is 6.07 Å². The van der Waals surface area contributed by atoms with Gasteiger partial charge in [-0.15, -0.1) is 0 Å². The maximum Gasteiger partial charge on any atom is 0.196 e. The van der Waals surface area contributed by atoms with Crippen LogP contribution in [0.1, 0.15) is 13.3 Å². The van der Waals surface area contributed by atoms with Crippen molar-refractivity contribution in [2.75, 3.05) is 13.6 Å². The molecular formula is C11H16ClN3. The summed E-state index contributed by atoms with van der Waals surface area (Å²) in [5.74, 6) is 0.513. The fourth-order valence-corrected chi connectivity index (χ4v) is 1.40. The molecule has 82 valence electrons. The van der Waals surface area contributed by atoms with E-state index in [0.29, 0.717) is 11.0 Å². The van der Waals surface area contributed by atoms with Crippen LogP contribution in [-0.2, 0) is 0 Å². The Morgan fingerprint density at radius 1 is 1.53 bits per heavy atom. The third-order valence-electron chi connectivity index (χ3n) is 2.00. The molecular weight excluding hydrogens is 210 g/mol. The van der Waals surface area contributed by atoms with Crippen LogP contribution in [-0.4, -0.2) is 24.5 Å². The Bertz CT molecular complexity index is 349. The fraction of sp³-hybridized carbons (Fsp3) is 0.364. The van der Waals surface area contributed by atoms with Crippen LogP contribution in [0.15, 0.2) is 29.3 Å². The van der Waals surface area contributed by atoms with Gasteiger partial charge in [-0.05, 0) is 24.6 Å². The standard InChI is InChI=1S/C11H16ClN3/c1-3-7-15(2)11(13)14-10-6-4-5-9(12)8-10/h4-6,8H,3,7H2,1-2H3,(H2,13,14). The van der Waals surface area contributed by atoms with Gasteiger partial charge >= 0.3 is 0 Å². The highest BCUT2D eigenvalue weighted by Gasteiger charge is 2.00. The second-order valence-electron chi connectivity index (χ2n) is 3.37. The summed E-state index contributed by atoms with van der Waals surface area (Å²) in [6, 6.07) is 7.33. The first-order valence-corrected chi connectivity index (χ1v) is 5.32. The van der Waals surface area contributed by atoms with Crippen LogP contribution in [0.2, 0.25) is 5.02 Å². The van der Waals surface area contributed by atoms with Gasteiger partial charge in [-0.25, -0.2) is 4.99 Å². The van der Waals surface area contributed by atoms with Crippen molar-refractivity contribution in [3.63, 3.8) is 0 Å². The molecule has 0 unspecified atom stereocenters. The van der Waals surface area contributed by atoms with Crippen molar-refractivity contribution in [2.45, 2.75) is 13.3 Å². The van der Waals surface area contributed by atoms with Gasteiger partial charge in [-0.2, -0.15) is 0 Å². The minimum absolute atomic E-state index is 0.513. The van der Waals surface area contributed by atoms with Crippen LogP contribution in [0.3, 0.4) is 0 Å². The predicted molar refractivity (Wildman–Crippen MR) is 65.7 cm³/mol. The predicted octanol–water partition coefficient (Wildman–Crippen LogP) is 2.63. The quantitative estimate of drug-likeness (QED) is 0.635. The third-order valence-corrected chi connectivity index (χ3v) is 2.24. The van der Waals surface area contributed by atoms with Crippen LogP contribution >= 0.6 is 11.6 Å². The Morgan fingerprint density at radius 3 is 2.87 bits per heavy atom. The smallest absolute Gasteiger partial charge is 0.196 e. The molecule has 0 aliphatic carbocycles. The molecule has 0 aliphatic heterocycles. The summed E-state index contributed by atoms with van der Waals surface area (Å²) in [4.78, 5) is 6.19. The number of hydrogen-bond donors (Lipinski definition) is 1. The summed E-state index contributed by atoms with van der Waals surface area (Å²) in [7, 11) is 1.92. The van der Waals surface area contributed by atoms with Gasteiger partial charge in [0.05, 0.1) is 5.69 Å². The van der Waals surface area contributed by atoms with Crippen molar-refractivity contribution < 1.29 is 0 Å². The zero-order chi connectivity index (χ0) is 11.3. The SMILES string of the molecule is CCCN(C)C(N)=Nc1cccc(Cl)c1. The van der Waals surface area contributed by atoms with Crippen LogP contribution in [0.25, 0.3) is 0 Å². The number of nitrogens with zero attached hydrogens (tertiary/aromatic N) is 2. The van der Waals surface area contributed by atoms with Crippen molar-refractivity contribution in [1.82, 2.24) is 4.90 Å². The van der Waals surface area contributed by atoms with Gasteiger partial charge in [0.25, 0.3) is 0 Å². The Morgan fingerprint density at radius 2 is 2.27 bits per heavy atom. The van der Waals surface area contributed by atoms with Crippen molar-refractivity contribution >= 4 is 23.2 Å². The number of halogens is 1. The minimum Gasteiger partial charge on any atom is -0.369 e. The van der Waals surface area contributed by atoms with E-state index < -0.39 is 0 Å². The Hall–Kier alpha value is -1.22. The lowest BCUT2D eigenvalue weighted by molar-refractivity contribution is 0.496. The molecule has 0 atom stereocenters. The van der Waals surface area contributed by atoms with E-state index in [0.717, 1.165) is 18.7 Å². The molecule has 0 saturated carbocycles. The zero-order valence-corrected chi connectivity index (χ0v) is 9.83. The van der Waals surface area contributed by atoms with Crippen LogP contribution < -0.4 is 5.73 Å². The molecule has 2 N–H and O–H groups in total. The molecule has 0 radical (unpaired) electrons. The molecule has 0 bridgehead atoms. The highest BCUT2D eigenvalue weighted by molar-refractivity contribution is 6.30. The molecule has 0 spiro atoms. The normalized spacial score (nSPS) is 11.5. The third kappa shape index (κ3) is 3.80. The maximum atomic E-state index is 5.85. The number of aliphatic imine (C=N–C) groups is 1. The van der Waals surface area contributed by atoms with Gasteiger partial charge in [-0.1, -0.05) is 24.6 Å². The average molecular weight is 226 g/mol. The molecule has 0 amide bonds. The lowest BCUT2D eigenvalue weighted by atomic mass is 10.3. The maximum absolute atomic E-state index is 5.85. The van der Waals surface area contributed by atoms with E-state index in [-0.39, 0.29) is 0 Å². The number of hydrogen-bond acceptors (Lipinski definition) is 1. The first-order valence-electron chi connectivity index (χ1n) is 4.94. The second-order valence-corrected chi connectivity index (χ2v) is 3.81. The molecule has 1 rings (SSSR count). The molecule has 3 nitrogen and oxygen atoms in total. The zero-order valence-electron chi connectivity index (χ0n) is 9.07. The average Bonchev–Trinajstić information content (AvgIpc) is 2.18. The van der Waals surface area contributed by atoms with E-state index in [9.17, 15) is 0 Å². The number of rotatable bonds is 3. The van der Waals surface area contributed by atoms with E-state index in [4.69, 9.17) is 17.3 Å². The highest BCUT2D eigenvalue weighted by atomic mass is 35.5. The molecule has 0 fully saturated rings. The second kappa shape index (κ2) is 5.61. The summed E-state index contributed by atoms with van der Waals surface area (Å²) in [6.45, 7) is 3.00. The molecule has 0 saturated heterocycles. The van der Waals surface area contributed by atoms with Gasteiger partial charge in [0.15, 0.2) is 5.96 Å². The largest absolute Gasteiger partial charge is 0.369 e. The van der Waals surface area contributed by atoms with E-state index in [1.165, 1.54) is 0 Å². The van der Waals surface area contributed by atoms with Crippen molar-refractivity contribution in [3.05, 3.63) is 29.3 Å². The van der Waals surface area contributed by atoms with Crippen LogP contribution in [0.5, 0.6) is 0 Å². The van der Waals surface area contributed by atoms with Crippen LogP contribution in [0, 0.1) is 0 Å². The Kier molecular flexibility index (Phi) is 4.43. The lowest BCUT2D eigenvalue weighted by Crippen LogP contribution is -2.34. The molecule has 1 aromatic rings. The summed E-state index contributed by atoms with van der Waals surface area (Å²) in [5, 5.41) is 0.669.